The maximum Gasteiger partial charge on any atom is 0.135 e. The molecule has 10 aromatic rings. The average molecular weight is 952 g/mol. The van der Waals surface area contributed by atoms with Gasteiger partial charge in [-0.25, -0.2) is 4.98 Å². The van der Waals surface area contributed by atoms with Gasteiger partial charge < -0.3 is 18.8 Å². The Balaban J connectivity index is 0.00000539. The predicted octanol–water partition coefficient (Wildman–Crippen LogP) is 13.7. The Morgan fingerprint density at radius 3 is 2.34 bits per heavy atom. The molecule has 290 valence electrons. The summed E-state index contributed by atoms with van der Waals surface area (Å²) in [6, 6.07) is 42.3. The number of fused-ring (bicyclic) bond motifs is 10. The number of nitrogens with zero attached hydrogens (tertiary/aromatic N) is 4. The van der Waals surface area contributed by atoms with Crippen molar-refractivity contribution in [2.75, 3.05) is 4.90 Å². The van der Waals surface area contributed by atoms with Crippen LogP contribution < -0.4 is 9.64 Å². The van der Waals surface area contributed by atoms with Crippen LogP contribution in [0.15, 0.2) is 146 Å². The van der Waals surface area contributed by atoms with E-state index in [4.69, 9.17) is 17.1 Å². The standard InChI is InChI=1S/C53H39N4O.Pt/c1-5-36-26-27-54-51(29-36)57-47-18-9-8-15-42(47)43-25-23-38(31-49(43)57)58-50-30-37(22-21-34(50)3)55-32-56-52-35(4)12-10-16-45(52)46-28-33(2)20-24-41(46)39-13-6-7-14-40(39)44-17-11-19-48(55)53(44)56;/h6-29,32H,5H2,1-4H3;/q-3;/i3D3,5D2,8D,9D,15D,18D;. The first-order valence-electron chi connectivity index (χ1n) is 23.5. The van der Waals surface area contributed by atoms with Crippen LogP contribution in [0.4, 0.5) is 11.4 Å². The molecule has 0 spiro atoms. The summed E-state index contributed by atoms with van der Waals surface area (Å²) >= 11 is 0. The minimum Gasteiger partial charge on any atom is -0.509 e. The topological polar surface area (TPSA) is 35.2 Å². The Morgan fingerprint density at radius 1 is 0.729 bits per heavy atom. The van der Waals surface area contributed by atoms with Crippen molar-refractivity contribution >= 4 is 76.5 Å². The molecule has 0 N–H and O–H groups in total. The summed E-state index contributed by atoms with van der Waals surface area (Å²) in [7, 11) is 0. The number of pyridine rings is 1. The van der Waals surface area contributed by atoms with Gasteiger partial charge >= 0.3 is 0 Å². The molecule has 0 unspecified atom stereocenters. The number of rotatable bonds is 5. The number of hydrogen-bond acceptors (Lipinski definition) is 3. The van der Waals surface area contributed by atoms with Gasteiger partial charge in [-0.05, 0) is 99.9 Å². The number of para-hydroxylation sites is 3. The molecule has 3 aromatic heterocycles. The normalized spacial score (nSPS) is 14.8. The Bertz CT molecular complexity index is 3840. The molecule has 0 amide bonds. The fraction of sp³-hybridized carbons (Fsp3) is 0.0943. The van der Waals surface area contributed by atoms with Crippen molar-refractivity contribution in [2.45, 2.75) is 34.0 Å². The van der Waals surface area contributed by atoms with E-state index in [1.165, 1.54) is 29.8 Å². The van der Waals surface area contributed by atoms with Gasteiger partial charge in [0.25, 0.3) is 0 Å². The van der Waals surface area contributed by atoms with E-state index in [0.717, 1.165) is 60.2 Å². The second-order valence-corrected chi connectivity index (χ2v) is 14.6. The number of anilines is 2. The maximum atomic E-state index is 8.98. The fourth-order valence-electron chi connectivity index (χ4n) is 8.46. The number of aryl methyl sites for hydroxylation is 4. The van der Waals surface area contributed by atoms with Gasteiger partial charge in [-0.2, -0.15) is 12.1 Å². The molecule has 59 heavy (non-hydrogen) atoms. The molecule has 4 heterocycles. The van der Waals surface area contributed by atoms with Gasteiger partial charge in [0.2, 0.25) is 0 Å². The Kier molecular flexibility index (Phi) is 6.81. The van der Waals surface area contributed by atoms with Crippen LogP contribution in [0.3, 0.4) is 0 Å². The van der Waals surface area contributed by atoms with E-state index in [0.29, 0.717) is 16.6 Å². The van der Waals surface area contributed by atoms with Crippen LogP contribution in [0.25, 0.3) is 71.0 Å². The van der Waals surface area contributed by atoms with E-state index in [2.05, 4.69) is 102 Å². The molecule has 0 bridgehead atoms. The van der Waals surface area contributed by atoms with Crippen LogP contribution in [0.5, 0.6) is 11.5 Å². The van der Waals surface area contributed by atoms with Gasteiger partial charge in [0.05, 0.1) is 5.48 Å². The van der Waals surface area contributed by atoms with Crippen molar-refractivity contribution in [3.05, 3.63) is 187 Å². The van der Waals surface area contributed by atoms with E-state index < -0.39 is 25.3 Å². The molecule has 0 radical (unpaired) electrons. The van der Waals surface area contributed by atoms with Crippen LogP contribution in [-0.4, -0.2) is 14.1 Å². The minimum atomic E-state index is -2.61. The molecule has 0 saturated heterocycles. The van der Waals surface area contributed by atoms with Gasteiger partial charge in [0.1, 0.15) is 5.82 Å². The third-order valence-electron chi connectivity index (χ3n) is 11.1. The number of hydrogen-bond donors (Lipinski definition) is 0. The second-order valence-electron chi connectivity index (χ2n) is 14.6. The van der Waals surface area contributed by atoms with Crippen LogP contribution in [0.2, 0.25) is 0 Å². The Morgan fingerprint density at radius 2 is 1.49 bits per heavy atom. The van der Waals surface area contributed by atoms with Crippen LogP contribution in [-0.2, 0) is 27.4 Å². The van der Waals surface area contributed by atoms with Crippen molar-refractivity contribution in [3.8, 4) is 17.3 Å². The third-order valence-corrected chi connectivity index (χ3v) is 11.1. The molecule has 0 atom stereocenters. The first kappa shape index (κ1) is 28.0. The van der Waals surface area contributed by atoms with E-state index in [1.54, 1.807) is 24.3 Å². The molecule has 11 rings (SSSR count). The largest absolute Gasteiger partial charge is 0.509 e. The maximum absolute atomic E-state index is 8.98. The Hall–Kier alpha value is -6.55. The first-order chi connectivity index (χ1) is 32.0. The summed E-state index contributed by atoms with van der Waals surface area (Å²) < 4.78 is 87.7. The first-order valence-corrected chi connectivity index (χ1v) is 19.0. The fourth-order valence-corrected chi connectivity index (χ4v) is 8.46. The van der Waals surface area contributed by atoms with Gasteiger partial charge in [0, 0.05) is 56.8 Å². The molecular formula is C53H39N4OPt-3. The number of aromatic nitrogens is 3. The second kappa shape index (κ2) is 14.4. The van der Waals surface area contributed by atoms with Gasteiger partial charge in [0.15, 0.2) is 0 Å². The molecule has 5 nitrogen and oxygen atoms in total. The SMILES string of the molecule is [2H]c1c([2H])c([2H])c2c(c1[2H])c1ccc(Oc3[c-]c(N4[CH-]n5c6c(C)cccc6c6cc(C)ccc6c6ccccc6c6cccc4c65)ccc3C([2H])([2H])[2H])[c-]c1n2-c1cc(C([2H])([2H])C)ccn1.[Pt]. The molecule has 0 aliphatic carbocycles. The summed E-state index contributed by atoms with van der Waals surface area (Å²) in [6.07, 6.45) is -0.306. The van der Waals surface area contributed by atoms with E-state index in [1.807, 2.05) is 23.7 Å². The van der Waals surface area contributed by atoms with E-state index in [9.17, 15) is 0 Å². The van der Waals surface area contributed by atoms with E-state index >= 15 is 0 Å². The zero-order valence-electron chi connectivity index (χ0n) is 41.1. The Labute approximate surface area is 370 Å². The summed E-state index contributed by atoms with van der Waals surface area (Å²) in [5.74, 6) is 0.208. The summed E-state index contributed by atoms with van der Waals surface area (Å²) in [5.41, 5.74) is 6.11. The third kappa shape index (κ3) is 5.87. The van der Waals surface area contributed by atoms with Crippen LogP contribution in [0, 0.1) is 39.5 Å². The molecule has 0 saturated carbocycles. The molecular weight excluding hydrogens is 904 g/mol. The van der Waals surface area contributed by atoms with Crippen molar-refractivity contribution in [3.63, 3.8) is 0 Å². The average Bonchev–Trinajstić information content (AvgIpc) is 3.86. The smallest absolute Gasteiger partial charge is 0.135 e. The van der Waals surface area contributed by atoms with Gasteiger partial charge in [-0.3, -0.25) is 0 Å². The monoisotopic (exact) mass is 951 g/mol. The van der Waals surface area contributed by atoms with Gasteiger partial charge in [-0.15, -0.1) is 35.2 Å². The zero-order chi connectivity index (χ0) is 46.8. The summed E-state index contributed by atoms with van der Waals surface area (Å²) in [4.78, 5) is 6.52. The van der Waals surface area contributed by atoms with Crippen molar-refractivity contribution in [2.24, 2.45) is 0 Å². The number of ether oxygens (including phenoxy) is 1. The van der Waals surface area contributed by atoms with Crippen LogP contribution in [0.1, 0.15) is 41.5 Å². The minimum absolute atomic E-state index is 0. The summed E-state index contributed by atoms with van der Waals surface area (Å²) in [6.45, 7) is 5.03. The van der Waals surface area contributed by atoms with Crippen molar-refractivity contribution in [1.29, 1.82) is 0 Å². The zero-order valence-corrected chi connectivity index (χ0v) is 34.4. The number of benzene rings is 7. The quantitative estimate of drug-likeness (QED) is 0.161. The molecule has 0 fully saturated rings. The molecule has 1 aliphatic heterocycles. The van der Waals surface area contributed by atoms with E-state index in [-0.39, 0.29) is 72.5 Å². The molecule has 1 aliphatic rings. The summed E-state index contributed by atoms with van der Waals surface area (Å²) in [5, 5.41) is 7.11. The predicted molar refractivity (Wildman–Crippen MR) is 240 cm³/mol. The molecule has 7 aromatic carbocycles. The van der Waals surface area contributed by atoms with Crippen LogP contribution >= 0.6 is 0 Å². The van der Waals surface area contributed by atoms with Crippen molar-refractivity contribution < 1.29 is 38.1 Å². The van der Waals surface area contributed by atoms with Gasteiger partial charge in [-0.1, -0.05) is 133 Å². The molecule has 6 heteroatoms. The van der Waals surface area contributed by atoms with Crippen molar-refractivity contribution in [1.82, 2.24) is 14.1 Å².